The van der Waals surface area contributed by atoms with Gasteiger partial charge in [0.25, 0.3) is 11.5 Å². The molecule has 0 aliphatic carbocycles. The molecule has 7 nitrogen and oxygen atoms in total. The number of nitrogens with two attached hydrogens (primary N) is 1. The van der Waals surface area contributed by atoms with E-state index in [-0.39, 0.29) is 23.3 Å². The SMILES string of the molecule is C[C@@H]1CN(c2cc(=O)n(C)c3ccc(C(N)=O)nc23)CC[C@@H]1Oc1ccc(C(F)(F)F)cc1. The maximum Gasteiger partial charge on any atom is 0.416 e. The highest BCUT2D eigenvalue weighted by atomic mass is 19.4. The minimum Gasteiger partial charge on any atom is -0.490 e. The van der Waals surface area contributed by atoms with E-state index in [0.29, 0.717) is 42.0 Å². The molecule has 3 aromatic rings. The summed E-state index contributed by atoms with van der Waals surface area (Å²) in [7, 11) is 1.63. The number of alkyl halides is 3. The van der Waals surface area contributed by atoms with E-state index in [1.54, 1.807) is 13.1 Å². The summed E-state index contributed by atoms with van der Waals surface area (Å²) < 4.78 is 45.8. The molecule has 1 aliphatic heterocycles. The third-order valence-electron chi connectivity index (χ3n) is 5.96. The fourth-order valence-corrected chi connectivity index (χ4v) is 4.11. The molecule has 2 aromatic heterocycles. The van der Waals surface area contributed by atoms with Crippen molar-refractivity contribution < 1.29 is 22.7 Å². The molecule has 10 heteroatoms. The summed E-state index contributed by atoms with van der Waals surface area (Å²) in [5, 5.41) is 0. The fourth-order valence-electron chi connectivity index (χ4n) is 4.11. The third kappa shape index (κ3) is 4.50. The second kappa shape index (κ2) is 8.42. The number of pyridine rings is 2. The highest BCUT2D eigenvalue weighted by molar-refractivity contribution is 5.96. The number of carbonyl (C=O) groups excluding carboxylic acids is 1. The van der Waals surface area contributed by atoms with Crippen molar-refractivity contribution in [3.8, 4) is 5.75 Å². The van der Waals surface area contributed by atoms with Crippen molar-refractivity contribution in [2.75, 3.05) is 18.0 Å². The van der Waals surface area contributed by atoms with Gasteiger partial charge in [-0.05, 0) is 36.4 Å². The zero-order valence-electron chi connectivity index (χ0n) is 18.1. The van der Waals surface area contributed by atoms with Gasteiger partial charge >= 0.3 is 6.18 Å². The Labute approximate surface area is 187 Å². The van der Waals surface area contributed by atoms with Gasteiger partial charge < -0.3 is 19.9 Å². The highest BCUT2D eigenvalue weighted by Crippen LogP contribution is 2.32. The molecule has 0 bridgehead atoms. The largest absolute Gasteiger partial charge is 0.490 e. The van der Waals surface area contributed by atoms with Gasteiger partial charge in [-0.15, -0.1) is 0 Å². The molecule has 1 fully saturated rings. The monoisotopic (exact) mass is 460 g/mol. The molecule has 3 heterocycles. The van der Waals surface area contributed by atoms with Crippen molar-refractivity contribution in [3.63, 3.8) is 0 Å². The zero-order valence-corrected chi connectivity index (χ0v) is 18.1. The second-order valence-electron chi connectivity index (χ2n) is 8.25. The number of ether oxygens (including phenoxy) is 1. The van der Waals surface area contributed by atoms with Crippen molar-refractivity contribution in [2.24, 2.45) is 18.7 Å². The number of aromatic nitrogens is 2. The number of amides is 1. The molecule has 1 aromatic carbocycles. The number of halogens is 3. The normalized spacial score (nSPS) is 19.0. The number of rotatable bonds is 4. The number of piperidine rings is 1. The lowest BCUT2D eigenvalue weighted by atomic mass is 9.95. The second-order valence-corrected chi connectivity index (χ2v) is 8.25. The number of anilines is 1. The van der Waals surface area contributed by atoms with Crippen LogP contribution in [0.5, 0.6) is 5.75 Å². The number of hydrogen-bond acceptors (Lipinski definition) is 5. The van der Waals surface area contributed by atoms with Crippen LogP contribution in [0.3, 0.4) is 0 Å². The first-order valence-corrected chi connectivity index (χ1v) is 10.4. The van der Waals surface area contributed by atoms with Crippen LogP contribution in [0.25, 0.3) is 11.0 Å². The van der Waals surface area contributed by atoms with Gasteiger partial charge in [-0.25, -0.2) is 4.98 Å². The van der Waals surface area contributed by atoms with E-state index in [2.05, 4.69) is 4.98 Å². The lowest BCUT2D eigenvalue weighted by Gasteiger charge is -2.38. The first-order valence-electron chi connectivity index (χ1n) is 10.4. The number of carbonyl (C=O) groups is 1. The molecule has 33 heavy (non-hydrogen) atoms. The summed E-state index contributed by atoms with van der Waals surface area (Å²) in [4.78, 5) is 30.5. The van der Waals surface area contributed by atoms with Gasteiger partial charge in [-0.2, -0.15) is 13.2 Å². The van der Waals surface area contributed by atoms with Crippen molar-refractivity contribution in [1.29, 1.82) is 0 Å². The quantitative estimate of drug-likeness (QED) is 0.645. The number of aryl methyl sites for hydroxylation is 1. The number of primary amides is 1. The first kappa shape index (κ1) is 22.6. The number of nitrogens with zero attached hydrogens (tertiary/aromatic N) is 3. The van der Waals surface area contributed by atoms with Gasteiger partial charge in [0.1, 0.15) is 23.1 Å². The van der Waals surface area contributed by atoms with E-state index in [1.165, 1.54) is 28.8 Å². The Kier molecular flexibility index (Phi) is 5.77. The smallest absolute Gasteiger partial charge is 0.416 e. The molecule has 0 unspecified atom stereocenters. The molecule has 0 spiro atoms. The van der Waals surface area contributed by atoms with Gasteiger partial charge in [0.15, 0.2) is 0 Å². The molecule has 0 radical (unpaired) electrons. The van der Waals surface area contributed by atoms with E-state index in [4.69, 9.17) is 10.5 Å². The van der Waals surface area contributed by atoms with Crippen LogP contribution in [-0.4, -0.2) is 34.7 Å². The predicted molar refractivity (Wildman–Crippen MR) is 117 cm³/mol. The topological polar surface area (TPSA) is 90.5 Å². The molecule has 2 N–H and O–H groups in total. The van der Waals surface area contributed by atoms with Crippen LogP contribution in [0.15, 0.2) is 47.3 Å². The number of fused-ring (bicyclic) bond motifs is 1. The molecular formula is C23H23F3N4O3. The first-order chi connectivity index (χ1) is 15.5. The maximum atomic E-state index is 12.8. The molecule has 0 saturated carbocycles. The van der Waals surface area contributed by atoms with Crippen LogP contribution in [0, 0.1) is 5.92 Å². The third-order valence-corrected chi connectivity index (χ3v) is 5.96. The molecule has 4 rings (SSSR count). The lowest BCUT2D eigenvalue weighted by Crippen LogP contribution is -2.45. The molecule has 174 valence electrons. The van der Waals surface area contributed by atoms with Gasteiger partial charge in [-0.1, -0.05) is 6.92 Å². The molecule has 1 aliphatic rings. The average molecular weight is 460 g/mol. The van der Waals surface area contributed by atoms with Crippen LogP contribution in [0.4, 0.5) is 18.9 Å². The van der Waals surface area contributed by atoms with Crippen molar-refractivity contribution in [2.45, 2.75) is 25.6 Å². The average Bonchev–Trinajstić information content (AvgIpc) is 2.77. The Hall–Kier alpha value is -3.56. The van der Waals surface area contributed by atoms with E-state index >= 15 is 0 Å². The molecule has 2 atom stereocenters. The minimum absolute atomic E-state index is 0.0134. The Morgan fingerprint density at radius 3 is 2.48 bits per heavy atom. The zero-order chi connectivity index (χ0) is 23.9. The predicted octanol–water partition coefficient (Wildman–Crippen LogP) is 3.35. The number of hydrogen-bond donors (Lipinski definition) is 1. The molecule has 1 saturated heterocycles. The summed E-state index contributed by atoms with van der Waals surface area (Å²) in [6, 6.07) is 9.28. The van der Waals surface area contributed by atoms with Crippen LogP contribution >= 0.6 is 0 Å². The highest BCUT2D eigenvalue weighted by Gasteiger charge is 2.32. The van der Waals surface area contributed by atoms with Gasteiger partial charge in [0, 0.05) is 38.5 Å². The standard InChI is InChI=1S/C23H23F3N4O3/c1-13-12-30(10-9-19(13)33-15-5-3-14(4-6-15)23(24,25)26)18-11-20(31)29(2)17-8-7-16(22(27)32)28-21(17)18/h3-8,11,13,19H,9-10,12H2,1-2H3,(H2,27,32)/t13-,19+/m1/s1. The van der Waals surface area contributed by atoms with Crippen molar-refractivity contribution in [1.82, 2.24) is 9.55 Å². The lowest BCUT2D eigenvalue weighted by molar-refractivity contribution is -0.137. The van der Waals surface area contributed by atoms with Crippen molar-refractivity contribution in [3.05, 3.63) is 64.1 Å². The Balaban J connectivity index is 1.56. The van der Waals surface area contributed by atoms with Crippen LogP contribution in [-0.2, 0) is 13.2 Å². The molecular weight excluding hydrogens is 437 g/mol. The summed E-state index contributed by atoms with van der Waals surface area (Å²) >= 11 is 0. The Morgan fingerprint density at radius 1 is 1.18 bits per heavy atom. The van der Waals surface area contributed by atoms with E-state index in [1.807, 2.05) is 11.8 Å². The summed E-state index contributed by atoms with van der Waals surface area (Å²) in [5.41, 5.74) is 6.25. The summed E-state index contributed by atoms with van der Waals surface area (Å²) in [6.45, 7) is 3.06. The Bertz CT molecular complexity index is 1250. The van der Waals surface area contributed by atoms with Gasteiger partial charge in [0.05, 0.1) is 16.8 Å². The van der Waals surface area contributed by atoms with Crippen LogP contribution in [0.1, 0.15) is 29.4 Å². The Morgan fingerprint density at radius 2 is 1.88 bits per heavy atom. The van der Waals surface area contributed by atoms with Crippen molar-refractivity contribution >= 4 is 22.6 Å². The van der Waals surface area contributed by atoms with E-state index < -0.39 is 17.6 Å². The fraction of sp³-hybridized carbons (Fsp3) is 0.348. The van der Waals surface area contributed by atoms with Crippen LogP contribution < -0.4 is 20.9 Å². The number of benzene rings is 1. The van der Waals surface area contributed by atoms with Crippen LogP contribution in [0.2, 0.25) is 0 Å². The molecule has 1 amide bonds. The minimum atomic E-state index is -4.39. The van der Waals surface area contributed by atoms with E-state index in [9.17, 15) is 22.8 Å². The van der Waals surface area contributed by atoms with E-state index in [0.717, 1.165) is 12.1 Å². The summed E-state index contributed by atoms with van der Waals surface area (Å²) in [6.07, 6.45) is -4.01. The summed E-state index contributed by atoms with van der Waals surface area (Å²) in [5.74, 6) is -0.270. The maximum absolute atomic E-state index is 12.8. The van der Waals surface area contributed by atoms with Gasteiger partial charge in [0.2, 0.25) is 0 Å². The van der Waals surface area contributed by atoms with Gasteiger partial charge in [-0.3, -0.25) is 9.59 Å².